The molecule has 4 heteroatoms. The van der Waals surface area contributed by atoms with Gasteiger partial charge in [-0.1, -0.05) is 42.5 Å². The maximum Gasteiger partial charge on any atom is 0.198 e. The highest BCUT2D eigenvalue weighted by Crippen LogP contribution is 2.32. The summed E-state index contributed by atoms with van der Waals surface area (Å²) in [6, 6.07) is 15.2. The molecule has 4 rings (SSSR count). The smallest absolute Gasteiger partial charge is 0.198 e. The quantitative estimate of drug-likeness (QED) is 0.515. The molecular weight excluding hydrogens is 374 g/mol. The number of ether oxygens (including phenoxy) is 1. The van der Waals surface area contributed by atoms with E-state index in [1.54, 1.807) is 36.4 Å². The third-order valence-electron chi connectivity index (χ3n) is 5.34. The summed E-state index contributed by atoms with van der Waals surface area (Å²) in [5.74, 6) is 0.762. The van der Waals surface area contributed by atoms with Gasteiger partial charge in [-0.25, -0.2) is 0 Å². The van der Waals surface area contributed by atoms with E-state index in [2.05, 4.69) is 31.0 Å². The van der Waals surface area contributed by atoms with Crippen LogP contribution in [0.3, 0.4) is 0 Å². The second-order valence-electron chi connectivity index (χ2n) is 7.38. The van der Waals surface area contributed by atoms with Crippen molar-refractivity contribution in [3.63, 3.8) is 0 Å². The summed E-state index contributed by atoms with van der Waals surface area (Å²) in [7, 11) is 2.06. The van der Waals surface area contributed by atoms with Gasteiger partial charge in [0, 0.05) is 30.4 Å². The zero-order valence-electron chi connectivity index (χ0n) is 17.3. The number of nitrogens with zero attached hydrogens (tertiary/aromatic N) is 1. The van der Waals surface area contributed by atoms with Gasteiger partial charge in [-0.15, -0.1) is 0 Å². The van der Waals surface area contributed by atoms with E-state index in [0.29, 0.717) is 28.2 Å². The fourth-order valence-corrected chi connectivity index (χ4v) is 3.60. The zero-order valence-corrected chi connectivity index (χ0v) is 17.3. The largest absolute Gasteiger partial charge is 0.462 e. The second-order valence-corrected chi connectivity index (χ2v) is 7.38. The molecule has 1 aliphatic carbocycles. The van der Waals surface area contributed by atoms with Crippen LogP contribution in [0.1, 0.15) is 40.1 Å². The van der Waals surface area contributed by atoms with Gasteiger partial charge in [0.2, 0.25) is 0 Å². The molecule has 2 aromatic rings. The van der Waals surface area contributed by atoms with Crippen LogP contribution in [-0.2, 0) is 4.74 Å². The molecule has 0 fully saturated rings. The molecule has 1 heterocycles. The predicted molar refractivity (Wildman–Crippen MR) is 119 cm³/mol. The van der Waals surface area contributed by atoms with Crippen LogP contribution in [-0.4, -0.2) is 25.2 Å². The third-order valence-corrected chi connectivity index (χ3v) is 5.34. The highest BCUT2D eigenvalue weighted by atomic mass is 16.5. The molecule has 0 bridgehead atoms. The molecule has 0 radical (unpaired) electrons. The molecule has 1 aliphatic heterocycles. The second kappa shape index (κ2) is 7.99. The Morgan fingerprint density at radius 2 is 1.53 bits per heavy atom. The summed E-state index contributed by atoms with van der Waals surface area (Å²) in [5, 5.41) is 0. The number of allylic oxidation sites excluding steroid dienone is 6. The van der Waals surface area contributed by atoms with Crippen molar-refractivity contribution in [1.29, 1.82) is 0 Å². The highest BCUT2D eigenvalue weighted by Gasteiger charge is 2.34. The van der Waals surface area contributed by atoms with Crippen molar-refractivity contribution in [3.05, 3.63) is 106 Å². The van der Waals surface area contributed by atoms with E-state index in [-0.39, 0.29) is 17.1 Å². The summed E-state index contributed by atoms with van der Waals surface area (Å²) < 4.78 is 5.80. The van der Waals surface area contributed by atoms with Gasteiger partial charge in [0.05, 0.1) is 5.57 Å². The van der Waals surface area contributed by atoms with E-state index < -0.39 is 0 Å². The van der Waals surface area contributed by atoms with Crippen molar-refractivity contribution in [2.75, 3.05) is 18.5 Å². The predicted octanol–water partition coefficient (Wildman–Crippen LogP) is 5.35. The van der Waals surface area contributed by atoms with Crippen LogP contribution in [0.15, 0.2) is 89.4 Å². The van der Waals surface area contributed by atoms with Crippen LogP contribution in [0.4, 0.5) is 5.69 Å². The number of carbonyl (C=O) groups excluding carboxylic acids is 2. The number of hydrogen-bond acceptors (Lipinski definition) is 4. The molecule has 0 aromatic heterocycles. The summed E-state index contributed by atoms with van der Waals surface area (Å²) >= 11 is 0. The molecule has 0 N–H and O–H groups in total. The Morgan fingerprint density at radius 1 is 0.900 bits per heavy atom. The molecule has 0 unspecified atom stereocenters. The zero-order chi connectivity index (χ0) is 21.3. The lowest BCUT2D eigenvalue weighted by molar-refractivity contribution is 0.0988. The molecule has 30 heavy (non-hydrogen) atoms. The number of ketones is 2. The molecule has 0 amide bonds. The first-order chi connectivity index (χ1) is 14.5. The first-order valence-corrected chi connectivity index (χ1v) is 9.97. The van der Waals surface area contributed by atoms with E-state index in [1.165, 1.54) is 0 Å². The van der Waals surface area contributed by atoms with E-state index in [4.69, 9.17) is 4.74 Å². The van der Waals surface area contributed by atoms with Crippen molar-refractivity contribution in [3.8, 4) is 0 Å². The summed E-state index contributed by atoms with van der Waals surface area (Å²) in [6.07, 6.45) is 7.30. The molecule has 0 saturated carbocycles. The number of fused-ring (bicyclic) bond motifs is 1. The normalized spacial score (nSPS) is 15.8. The molecule has 4 nitrogen and oxygen atoms in total. The average Bonchev–Trinajstić information content (AvgIpc) is 3.02. The first kappa shape index (κ1) is 19.6. The number of Topliss-reactive ketones (excluding diaryl/α,β-unsaturated/α-hetero) is 2. The Bertz CT molecular complexity index is 1110. The van der Waals surface area contributed by atoms with Crippen molar-refractivity contribution in [2.45, 2.75) is 13.8 Å². The van der Waals surface area contributed by atoms with Gasteiger partial charge in [-0.3, -0.25) is 9.59 Å². The lowest BCUT2D eigenvalue weighted by Crippen LogP contribution is -2.15. The molecule has 0 saturated heterocycles. The Hall–Kier alpha value is -3.66. The Morgan fingerprint density at radius 3 is 2.13 bits per heavy atom. The molecule has 2 aromatic carbocycles. The lowest BCUT2D eigenvalue weighted by atomic mass is 10.0. The maximum atomic E-state index is 12.8. The average molecular weight is 397 g/mol. The van der Waals surface area contributed by atoms with Gasteiger partial charge < -0.3 is 9.64 Å². The third kappa shape index (κ3) is 3.64. The standard InChI is InChI=1S/C26H23NO3/c1-4-27(3)20-12-9-18(10-13-20)11-14-21-16-19(15-17(2)30-21)24-25(28)22-7-5-6-8-23(22)26(24)29/h5-16H,4H2,1-3H3/b14-11+. The fraction of sp³-hybridized carbons (Fsp3) is 0.154. The van der Waals surface area contributed by atoms with E-state index in [9.17, 15) is 9.59 Å². The molecule has 0 atom stereocenters. The SMILES string of the molecule is CCN(C)c1ccc(/C=C/C2=CC(=C3C(=O)c4ccccc4C3=O)C=C(C)O2)cc1. The van der Waals surface area contributed by atoms with Crippen LogP contribution >= 0.6 is 0 Å². The molecule has 2 aliphatic rings. The van der Waals surface area contributed by atoms with Gasteiger partial charge in [-0.2, -0.15) is 0 Å². The number of rotatable bonds is 4. The fourth-order valence-electron chi connectivity index (χ4n) is 3.60. The number of carbonyl (C=O) groups is 2. The summed E-state index contributed by atoms with van der Waals surface area (Å²) in [5.41, 5.74) is 3.91. The molecule has 150 valence electrons. The minimum atomic E-state index is -0.230. The van der Waals surface area contributed by atoms with Crippen molar-refractivity contribution in [2.24, 2.45) is 0 Å². The Labute approximate surface area is 176 Å². The summed E-state index contributed by atoms with van der Waals surface area (Å²) in [6.45, 7) is 4.87. The Kier molecular flexibility index (Phi) is 5.23. The van der Waals surface area contributed by atoms with Gasteiger partial charge >= 0.3 is 0 Å². The molecular formula is C26H23NO3. The van der Waals surface area contributed by atoms with Gasteiger partial charge in [-0.05, 0) is 55.3 Å². The van der Waals surface area contributed by atoms with Crippen molar-refractivity contribution >= 4 is 23.3 Å². The number of hydrogen-bond donors (Lipinski definition) is 0. The highest BCUT2D eigenvalue weighted by molar-refractivity contribution is 6.40. The van der Waals surface area contributed by atoms with Crippen LogP contribution in [0, 0.1) is 0 Å². The lowest BCUT2D eigenvalue weighted by Gasteiger charge is -2.16. The van der Waals surface area contributed by atoms with E-state index >= 15 is 0 Å². The van der Waals surface area contributed by atoms with Crippen molar-refractivity contribution in [1.82, 2.24) is 0 Å². The van der Waals surface area contributed by atoms with Crippen LogP contribution in [0.2, 0.25) is 0 Å². The molecule has 0 spiro atoms. The van der Waals surface area contributed by atoms with Crippen LogP contribution < -0.4 is 4.90 Å². The minimum absolute atomic E-state index is 0.205. The van der Waals surface area contributed by atoms with Gasteiger partial charge in [0.25, 0.3) is 0 Å². The van der Waals surface area contributed by atoms with Crippen LogP contribution in [0.25, 0.3) is 6.08 Å². The first-order valence-electron chi connectivity index (χ1n) is 9.97. The Balaban J connectivity index is 1.63. The van der Waals surface area contributed by atoms with Crippen LogP contribution in [0.5, 0.6) is 0 Å². The van der Waals surface area contributed by atoms with Gasteiger partial charge in [0.15, 0.2) is 11.6 Å². The monoisotopic (exact) mass is 397 g/mol. The number of anilines is 1. The maximum absolute atomic E-state index is 12.8. The van der Waals surface area contributed by atoms with Gasteiger partial charge in [0.1, 0.15) is 11.5 Å². The minimum Gasteiger partial charge on any atom is -0.462 e. The topological polar surface area (TPSA) is 46.6 Å². The van der Waals surface area contributed by atoms with Crippen molar-refractivity contribution < 1.29 is 14.3 Å². The van der Waals surface area contributed by atoms with E-state index in [1.807, 2.05) is 31.2 Å². The summed E-state index contributed by atoms with van der Waals surface area (Å²) in [4.78, 5) is 27.8. The van der Waals surface area contributed by atoms with E-state index in [0.717, 1.165) is 17.8 Å². The number of benzene rings is 2.